The van der Waals surface area contributed by atoms with E-state index in [2.05, 4.69) is 0 Å². The van der Waals surface area contributed by atoms with Gasteiger partial charge in [0.15, 0.2) is 0 Å². The van der Waals surface area contributed by atoms with Crippen molar-refractivity contribution < 1.29 is 9.53 Å². The Kier molecular flexibility index (Phi) is 4.44. The molecule has 0 amide bonds. The molecule has 70 valence electrons. The van der Waals surface area contributed by atoms with Crippen LogP contribution < -0.4 is 0 Å². The second-order valence-corrected chi connectivity index (χ2v) is 3.57. The molecule has 0 unspecified atom stereocenters. The van der Waals surface area contributed by atoms with Crippen LogP contribution in [0.1, 0.15) is 38.5 Å². The van der Waals surface area contributed by atoms with Gasteiger partial charge in [0, 0.05) is 12.3 Å². The Balaban J connectivity index is 1.95. The summed E-state index contributed by atoms with van der Waals surface area (Å²) in [5.41, 5.74) is 0. The van der Waals surface area contributed by atoms with Crippen LogP contribution in [0.4, 0.5) is 0 Å². The second kappa shape index (κ2) is 5.41. The SMILES string of the molecule is O=C(CCCCCl)OC1CCC1. The molecule has 0 spiro atoms. The molecule has 0 saturated heterocycles. The van der Waals surface area contributed by atoms with E-state index in [9.17, 15) is 4.79 Å². The van der Waals surface area contributed by atoms with Crippen molar-refractivity contribution in [2.24, 2.45) is 0 Å². The van der Waals surface area contributed by atoms with E-state index in [0.717, 1.165) is 25.7 Å². The normalized spacial score (nSPS) is 17.1. The number of carbonyl (C=O) groups is 1. The first kappa shape index (κ1) is 9.85. The van der Waals surface area contributed by atoms with Gasteiger partial charge in [-0.05, 0) is 32.1 Å². The fourth-order valence-corrected chi connectivity index (χ4v) is 1.29. The Hall–Kier alpha value is -0.240. The van der Waals surface area contributed by atoms with Crippen molar-refractivity contribution in [3.8, 4) is 0 Å². The van der Waals surface area contributed by atoms with E-state index in [1.165, 1.54) is 6.42 Å². The molecule has 1 rings (SSSR count). The highest BCUT2D eigenvalue weighted by molar-refractivity contribution is 6.17. The summed E-state index contributed by atoms with van der Waals surface area (Å²) in [7, 11) is 0. The summed E-state index contributed by atoms with van der Waals surface area (Å²) >= 11 is 5.48. The molecule has 0 aromatic carbocycles. The number of unbranched alkanes of at least 4 members (excludes halogenated alkanes) is 1. The summed E-state index contributed by atoms with van der Waals surface area (Å²) in [5.74, 6) is 0.585. The lowest BCUT2D eigenvalue weighted by Gasteiger charge is -2.25. The van der Waals surface area contributed by atoms with Crippen LogP contribution in [0.5, 0.6) is 0 Å². The first-order valence-corrected chi connectivity index (χ1v) is 5.12. The van der Waals surface area contributed by atoms with E-state index in [1.807, 2.05) is 0 Å². The lowest BCUT2D eigenvalue weighted by Crippen LogP contribution is -2.24. The van der Waals surface area contributed by atoms with Crippen molar-refractivity contribution in [2.45, 2.75) is 44.6 Å². The van der Waals surface area contributed by atoms with Gasteiger partial charge in [0.25, 0.3) is 0 Å². The van der Waals surface area contributed by atoms with Crippen molar-refractivity contribution in [3.63, 3.8) is 0 Å². The number of alkyl halides is 1. The van der Waals surface area contributed by atoms with Crippen molar-refractivity contribution in [1.82, 2.24) is 0 Å². The van der Waals surface area contributed by atoms with Crippen molar-refractivity contribution in [2.75, 3.05) is 5.88 Å². The maximum absolute atomic E-state index is 11.1. The summed E-state index contributed by atoms with van der Waals surface area (Å²) in [6.45, 7) is 0. The summed E-state index contributed by atoms with van der Waals surface area (Å²) in [4.78, 5) is 11.1. The molecule has 0 aromatic rings. The first-order valence-electron chi connectivity index (χ1n) is 4.58. The smallest absolute Gasteiger partial charge is 0.306 e. The standard InChI is InChI=1S/C9H15ClO2/c10-7-2-1-6-9(11)12-8-4-3-5-8/h8H,1-7H2. The largest absolute Gasteiger partial charge is 0.462 e. The van der Waals surface area contributed by atoms with Gasteiger partial charge in [0.1, 0.15) is 6.10 Å². The Labute approximate surface area is 78.2 Å². The van der Waals surface area contributed by atoms with Gasteiger partial charge >= 0.3 is 5.97 Å². The first-order chi connectivity index (χ1) is 5.83. The predicted octanol–water partition coefficient (Wildman–Crippen LogP) is 2.49. The number of hydrogen-bond acceptors (Lipinski definition) is 2. The van der Waals surface area contributed by atoms with E-state index in [4.69, 9.17) is 16.3 Å². The lowest BCUT2D eigenvalue weighted by molar-refractivity contribution is -0.153. The number of halogens is 1. The van der Waals surface area contributed by atoms with Crippen LogP contribution in [0.3, 0.4) is 0 Å². The Bertz CT molecular complexity index is 143. The Morgan fingerprint density at radius 2 is 2.17 bits per heavy atom. The van der Waals surface area contributed by atoms with Crippen LogP contribution >= 0.6 is 11.6 Å². The Morgan fingerprint density at radius 1 is 1.42 bits per heavy atom. The molecule has 0 aromatic heterocycles. The minimum absolute atomic E-state index is 0.0511. The van der Waals surface area contributed by atoms with E-state index < -0.39 is 0 Å². The van der Waals surface area contributed by atoms with Crippen molar-refractivity contribution in [1.29, 1.82) is 0 Å². The van der Waals surface area contributed by atoms with Crippen LogP contribution in [0, 0.1) is 0 Å². The third-order valence-corrected chi connectivity index (χ3v) is 2.38. The summed E-state index contributed by atoms with van der Waals surface area (Å²) < 4.78 is 5.15. The van der Waals surface area contributed by atoms with Crippen LogP contribution in [0.2, 0.25) is 0 Å². The quantitative estimate of drug-likeness (QED) is 0.378. The minimum atomic E-state index is -0.0511. The van der Waals surface area contributed by atoms with E-state index >= 15 is 0 Å². The average molecular weight is 191 g/mol. The summed E-state index contributed by atoms with van der Waals surface area (Å²) in [6, 6.07) is 0. The zero-order chi connectivity index (χ0) is 8.81. The van der Waals surface area contributed by atoms with Crippen molar-refractivity contribution >= 4 is 17.6 Å². The van der Waals surface area contributed by atoms with Gasteiger partial charge in [-0.2, -0.15) is 0 Å². The summed E-state index contributed by atoms with van der Waals surface area (Å²) in [6.07, 6.45) is 5.84. The molecule has 0 aliphatic heterocycles. The molecular weight excluding hydrogens is 176 g/mol. The third-order valence-electron chi connectivity index (χ3n) is 2.11. The topological polar surface area (TPSA) is 26.3 Å². The number of esters is 1. The van der Waals surface area contributed by atoms with Gasteiger partial charge in [-0.1, -0.05) is 0 Å². The van der Waals surface area contributed by atoms with Gasteiger partial charge in [-0.15, -0.1) is 11.6 Å². The second-order valence-electron chi connectivity index (χ2n) is 3.19. The third kappa shape index (κ3) is 3.44. The predicted molar refractivity (Wildman–Crippen MR) is 48.3 cm³/mol. The number of hydrogen-bond donors (Lipinski definition) is 0. The van der Waals surface area contributed by atoms with Gasteiger partial charge in [0.05, 0.1) is 0 Å². The monoisotopic (exact) mass is 190 g/mol. The highest BCUT2D eigenvalue weighted by Crippen LogP contribution is 2.22. The van der Waals surface area contributed by atoms with Crippen LogP contribution in [0.25, 0.3) is 0 Å². The highest BCUT2D eigenvalue weighted by atomic mass is 35.5. The summed E-state index contributed by atoms with van der Waals surface area (Å²) in [5, 5.41) is 0. The molecule has 1 aliphatic carbocycles. The number of carbonyl (C=O) groups excluding carboxylic acids is 1. The van der Waals surface area contributed by atoms with Crippen molar-refractivity contribution in [3.05, 3.63) is 0 Å². The lowest BCUT2D eigenvalue weighted by atomic mass is 9.96. The Morgan fingerprint density at radius 3 is 2.67 bits per heavy atom. The molecule has 0 heterocycles. The fraction of sp³-hybridized carbons (Fsp3) is 0.889. The average Bonchev–Trinajstić information content (AvgIpc) is 1.98. The molecule has 1 aliphatic rings. The molecule has 0 N–H and O–H groups in total. The highest BCUT2D eigenvalue weighted by Gasteiger charge is 2.20. The van der Waals surface area contributed by atoms with Crippen LogP contribution in [-0.2, 0) is 9.53 Å². The molecule has 3 heteroatoms. The van der Waals surface area contributed by atoms with Gasteiger partial charge < -0.3 is 4.74 Å². The minimum Gasteiger partial charge on any atom is -0.462 e. The molecule has 0 bridgehead atoms. The zero-order valence-electron chi connectivity index (χ0n) is 7.22. The number of ether oxygens (including phenoxy) is 1. The maximum atomic E-state index is 11.1. The zero-order valence-corrected chi connectivity index (χ0v) is 7.98. The van der Waals surface area contributed by atoms with Crippen LogP contribution in [-0.4, -0.2) is 18.0 Å². The molecule has 12 heavy (non-hydrogen) atoms. The molecule has 0 atom stereocenters. The van der Waals surface area contributed by atoms with Gasteiger partial charge in [0.2, 0.25) is 0 Å². The van der Waals surface area contributed by atoms with E-state index in [-0.39, 0.29) is 12.1 Å². The number of rotatable bonds is 5. The molecular formula is C9H15ClO2. The van der Waals surface area contributed by atoms with Gasteiger partial charge in [-0.25, -0.2) is 0 Å². The molecule has 1 saturated carbocycles. The fourth-order valence-electron chi connectivity index (χ4n) is 1.10. The van der Waals surface area contributed by atoms with E-state index in [0.29, 0.717) is 12.3 Å². The molecule has 0 radical (unpaired) electrons. The van der Waals surface area contributed by atoms with E-state index in [1.54, 1.807) is 0 Å². The van der Waals surface area contributed by atoms with Crippen LogP contribution in [0.15, 0.2) is 0 Å². The molecule has 1 fully saturated rings. The van der Waals surface area contributed by atoms with Gasteiger partial charge in [-0.3, -0.25) is 4.79 Å². The maximum Gasteiger partial charge on any atom is 0.306 e. The molecule has 2 nitrogen and oxygen atoms in total.